The molecule has 4 nitrogen and oxygen atoms in total. The molecule has 110 valence electrons. The van der Waals surface area contributed by atoms with Gasteiger partial charge in [0, 0.05) is 26.6 Å². The summed E-state index contributed by atoms with van der Waals surface area (Å²) < 4.78 is 11.2. The van der Waals surface area contributed by atoms with Crippen LogP contribution in [0.25, 0.3) is 0 Å². The number of nitrogens with zero attached hydrogens (tertiary/aromatic N) is 1. The third kappa shape index (κ3) is 4.94. The predicted octanol–water partition coefficient (Wildman–Crippen LogP) is 2.58. The molecule has 4 heteroatoms. The molecule has 0 N–H and O–H groups in total. The lowest BCUT2D eigenvalue weighted by Gasteiger charge is -2.25. The van der Waals surface area contributed by atoms with Crippen LogP contribution < -0.4 is 0 Å². The van der Waals surface area contributed by atoms with Crippen molar-refractivity contribution in [3.63, 3.8) is 0 Å². The van der Waals surface area contributed by atoms with Gasteiger partial charge in [0.05, 0.1) is 6.61 Å². The molecule has 2 rings (SSSR count). The highest BCUT2D eigenvalue weighted by Gasteiger charge is 2.15. The van der Waals surface area contributed by atoms with E-state index in [1.807, 2.05) is 30.3 Å². The van der Waals surface area contributed by atoms with Gasteiger partial charge in [0.2, 0.25) is 5.91 Å². The lowest BCUT2D eigenvalue weighted by molar-refractivity contribution is -0.166. The molecule has 0 saturated carbocycles. The van der Waals surface area contributed by atoms with Gasteiger partial charge in [-0.15, -0.1) is 0 Å². The summed E-state index contributed by atoms with van der Waals surface area (Å²) in [6.45, 7) is 4.14. The molecule has 0 aromatic heterocycles. The summed E-state index contributed by atoms with van der Waals surface area (Å²) in [5.74, 6) is 0.0713. The zero-order valence-corrected chi connectivity index (χ0v) is 12.1. The first-order valence-electron chi connectivity index (χ1n) is 7.28. The van der Waals surface area contributed by atoms with Crippen LogP contribution in [0.5, 0.6) is 0 Å². The van der Waals surface area contributed by atoms with Crippen LogP contribution in [0.15, 0.2) is 30.3 Å². The molecule has 0 bridgehead atoms. The Kier molecular flexibility index (Phi) is 6.02. The van der Waals surface area contributed by atoms with E-state index in [1.54, 1.807) is 11.8 Å². The van der Waals surface area contributed by atoms with Crippen molar-refractivity contribution in [3.05, 3.63) is 35.9 Å². The van der Waals surface area contributed by atoms with E-state index in [9.17, 15) is 4.79 Å². The second-order valence-electron chi connectivity index (χ2n) is 5.09. The van der Waals surface area contributed by atoms with Gasteiger partial charge in [-0.05, 0) is 24.8 Å². The average Bonchev–Trinajstić information content (AvgIpc) is 2.48. The summed E-state index contributed by atoms with van der Waals surface area (Å²) in [6.07, 6.45) is 3.14. The van der Waals surface area contributed by atoms with Gasteiger partial charge in [-0.25, -0.2) is 0 Å². The Bertz CT molecular complexity index is 401. The Balaban J connectivity index is 1.76. The highest BCUT2D eigenvalue weighted by Crippen LogP contribution is 2.13. The molecule has 1 aromatic carbocycles. The maximum absolute atomic E-state index is 11.7. The molecule has 0 aliphatic carbocycles. The molecule has 1 heterocycles. The molecule has 0 radical (unpaired) electrons. The first-order chi connectivity index (χ1) is 9.75. The Hall–Kier alpha value is -1.39. The molecule has 1 atom stereocenters. The Morgan fingerprint density at radius 2 is 2.15 bits per heavy atom. The van der Waals surface area contributed by atoms with Crippen LogP contribution >= 0.6 is 0 Å². The van der Waals surface area contributed by atoms with Crippen LogP contribution in [0.1, 0.15) is 31.7 Å². The molecule has 1 aliphatic heterocycles. The summed E-state index contributed by atoms with van der Waals surface area (Å²) in [5.41, 5.74) is 1.14. The van der Waals surface area contributed by atoms with Crippen LogP contribution in [0.4, 0.5) is 0 Å². The van der Waals surface area contributed by atoms with Gasteiger partial charge in [-0.2, -0.15) is 0 Å². The number of amides is 1. The number of rotatable bonds is 6. The lowest BCUT2D eigenvalue weighted by Crippen LogP contribution is -2.33. The number of hydrogen-bond donors (Lipinski definition) is 0. The summed E-state index contributed by atoms with van der Waals surface area (Å²) >= 11 is 0. The molecule has 1 fully saturated rings. The van der Waals surface area contributed by atoms with Crippen molar-refractivity contribution in [1.82, 2.24) is 4.90 Å². The molecule has 1 amide bonds. The third-order valence-corrected chi connectivity index (χ3v) is 3.46. The zero-order valence-electron chi connectivity index (χ0n) is 12.1. The second-order valence-corrected chi connectivity index (χ2v) is 5.09. The van der Waals surface area contributed by atoms with Gasteiger partial charge in [0.1, 0.15) is 0 Å². The van der Waals surface area contributed by atoms with Crippen molar-refractivity contribution >= 4 is 5.91 Å². The summed E-state index contributed by atoms with van der Waals surface area (Å²) in [4.78, 5) is 13.5. The SMILES string of the molecule is CC(=O)N(CCOC1CCCCO1)Cc1ccccc1. The Morgan fingerprint density at radius 1 is 1.35 bits per heavy atom. The fourth-order valence-electron chi connectivity index (χ4n) is 2.29. The van der Waals surface area contributed by atoms with Crippen molar-refractivity contribution < 1.29 is 14.3 Å². The fraction of sp³-hybridized carbons (Fsp3) is 0.562. The minimum absolute atomic E-state index is 0.0713. The third-order valence-electron chi connectivity index (χ3n) is 3.46. The van der Waals surface area contributed by atoms with Gasteiger partial charge in [0.15, 0.2) is 6.29 Å². The van der Waals surface area contributed by atoms with E-state index in [0.717, 1.165) is 31.4 Å². The van der Waals surface area contributed by atoms with Crippen molar-refractivity contribution in [2.75, 3.05) is 19.8 Å². The van der Waals surface area contributed by atoms with E-state index < -0.39 is 0 Å². The van der Waals surface area contributed by atoms with E-state index in [0.29, 0.717) is 19.7 Å². The highest BCUT2D eigenvalue weighted by atomic mass is 16.7. The smallest absolute Gasteiger partial charge is 0.219 e. The normalized spacial score (nSPS) is 18.8. The Morgan fingerprint density at radius 3 is 2.80 bits per heavy atom. The number of benzene rings is 1. The number of carbonyl (C=O) groups excluding carboxylic acids is 1. The molecular formula is C16H23NO3. The second kappa shape index (κ2) is 8.02. The minimum atomic E-state index is -0.0886. The monoisotopic (exact) mass is 277 g/mol. The molecule has 1 aliphatic rings. The Labute approximate surface area is 120 Å². The van der Waals surface area contributed by atoms with Crippen molar-refractivity contribution in [2.45, 2.75) is 39.0 Å². The lowest BCUT2D eigenvalue weighted by atomic mass is 10.2. The number of carbonyl (C=O) groups is 1. The van der Waals surface area contributed by atoms with Gasteiger partial charge in [-0.3, -0.25) is 4.79 Å². The first-order valence-corrected chi connectivity index (χ1v) is 7.28. The van der Waals surface area contributed by atoms with Crippen LogP contribution in [0.3, 0.4) is 0 Å². The van der Waals surface area contributed by atoms with Crippen molar-refractivity contribution in [2.24, 2.45) is 0 Å². The summed E-state index contributed by atoms with van der Waals surface area (Å²) in [7, 11) is 0. The molecule has 1 unspecified atom stereocenters. The van der Waals surface area contributed by atoms with Crippen LogP contribution in [-0.4, -0.2) is 36.9 Å². The van der Waals surface area contributed by atoms with Crippen LogP contribution in [0.2, 0.25) is 0 Å². The first kappa shape index (κ1) is 15.0. The summed E-state index contributed by atoms with van der Waals surface area (Å²) in [6, 6.07) is 10.0. The van der Waals surface area contributed by atoms with Crippen molar-refractivity contribution in [1.29, 1.82) is 0 Å². The average molecular weight is 277 g/mol. The van der Waals surface area contributed by atoms with Gasteiger partial charge in [-0.1, -0.05) is 30.3 Å². The van der Waals surface area contributed by atoms with Crippen LogP contribution in [0, 0.1) is 0 Å². The standard InChI is InChI=1S/C16H23NO3/c1-14(18)17(13-15-7-3-2-4-8-15)10-12-20-16-9-5-6-11-19-16/h2-4,7-8,16H,5-6,9-13H2,1H3. The molecule has 20 heavy (non-hydrogen) atoms. The summed E-state index contributed by atoms with van der Waals surface area (Å²) in [5, 5.41) is 0. The largest absolute Gasteiger partial charge is 0.353 e. The molecule has 1 saturated heterocycles. The fourth-order valence-corrected chi connectivity index (χ4v) is 2.29. The predicted molar refractivity (Wildman–Crippen MR) is 77.1 cm³/mol. The minimum Gasteiger partial charge on any atom is -0.353 e. The van der Waals surface area contributed by atoms with E-state index in [2.05, 4.69) is 0 Å². The van der Waals surface area contributed by atoms with Gasteiger partial charge < -0.3 is 14.4 Å². The molecule has 0 spiro atoms. The molecular weight excluding hydrogens is 254 g/mol. The van der Waals surface area contributed by atoms with Gasteiger partial charge in [0.25, 0.3) is 0 Å². The maximum Gasteiger partial charge on any atom is 0.219 e. The maximum atomic E-state index is 11.7. The van der Waals surface area contributed by atoms with E-state index in [4.69, 9.17) is 9.47 Å². The van der Waals surface area contributed by atoms with Crippen molar-refractivity contribution in [3.8, 4) is 0 Å². The highest BCUT2D eigenvalue weighted by molar-refractivity contribution is 5.73. The zero-order chi connectivity index (χ0) is 14.2. The number of hydrogen-bond acceptors (Lipinski definition) is 3. The van der Waals surface area contributed by atoms with E-state index >= 15 is 0 Å². The van der Waals surface area contributed by atoms with E-state index in [-0.39, 0.29) is 12.2 Å². The van der Waals surface area contributed by atoms with Crippen LogP contribution in [-0.2, 0) is 20.8 Å². The molecule has 1 aromatic rings. The topological polar surface area (TPSA) is 38.8 Å². The van der Waals surface area contributed by atoms with E-state index in [1.165, 1.54) is 0 Å². The van der Waals surface area contributed by atoms with Gasteiger partial charge >= 0.3 is 0 Å². The number of ether oxygens (including phenoxy) is 2. The quantitative estimate of drug-likeness (QED) is 0.802.